The first-order valence-corrected chi connectivity index (χ1v) is 5.59. The third-order valence-corrected chi connectivity index (χ3v) is 2.76. The Hall–Kier alpha value is -1.91. The molecule has 1 saturated carbocycles. The molecule has 4 nitrogen and oxygen atoms in total. The van der Waals surface area contributed by atoms with Gasteiger partial charge in [-0.25, -0.2) is 4.39 Å². The minimum absolute atomic E-state index is 0.260. The lowest BCUT2D eigenvalue weighted by Gasteiger charge is -1.97. The molecule has 1 aromatic heterocycles. The smallest absolute Gasteiger partial charge is 0.322 e. The molecule has 1 heterocycles. The van der Waals surface area contributed by atoms with E-state index in [0.29, 0.717) is 29.0 Å². The molecule has 1 aromatic carbocycles. The molecule has 0 unspecified atom stereocenters. The number of aryl methyl sites for hydroxylation is 1. The zero-order valence-electron chi connectivity index (χ0n) is 9.40. The maximum absolute atomic E-state index is 13.4. The van der Waals surface area contributed by atoms with E-state index in [-0.39, 0.29) is 5.82 Å². The molecule has 88 valence electrons. The highest BCUT2D eigenvalue weighted by molar-refractivity contribution is 5.56. The number of hydrogen-bond acceptors (Lipinski definition) is 4. The van der Waals surface area contributed by atoms with Gasteiger partial charge in [0.25, 0.3) is 0 Å². The summed E-state index contributed by atoms with van der Waals surface area (Å²) in [6, 6.07) is 5.77. The fraction of sp³-hybridized carbons (Fsp3) is 0.333. The van der Waals surface area contributed by atoms with Gasteiger partial charge in [0.1, 0.15) is 5.82 Å². The van der Waals surface area contributed by atoms with Gasteiger partial charge < -0.3 is 9.84 Å². The Balaban J connectivity index is 1.86. The van der Waals surface area contributed by atoms with Crippen LogP contribution in [0.2, 0.25) is 0 Å². The average molecular weight is 233 g/mol. The molecule has 3 rings (SSSR count). The van der Waals surface area contributed by atoms with Gasteiger partial charge in [-0.15, -0.1) is 0 Å². The van der Waals surface area contributed by atoms with Gasteiger partial charge in [0, 0.05) is 11.6 Å². The minimum atomic E-state index is -0.260. The number of nitrogens with zero attached hydrogens (tertiary/aromatic N) is 2. The summed E-state index contributed by atoms with van der Waals surface area (Å²) in [6.45, 7) is 1.72. The monoisotopic (exact) mass is 233 g/mol. The van der Waals surface area contributed by atoms with E-state index in [9.17, 15) is 4.39 Å². The second-order valence-corrected chi connectivity index (χ2v) is 4.31. The first kappa shape index (κ1) is 10.3. The van der Waals surface area contributed by atoms with Gasteiger partial charge >= 0.3 is 6.01 Å². The molecule has 0 saturated heterocycles. The number of aromatic nitrogens is 2. The van der Waals surface area contributed by atoms with Crippen LogP contribution in [0.15, 0.2) is 22.7 Å². The van der Waals surface area contributed by atoms with E-state index in [1.54, 1.807) is 19.1 Å². The molecule has 1 N–H and O–H groups in total. The number of anilines is 1. The minimum Gasteiger partial charge on any atom is -0.335 e. The Bertz CT molecular complexity index is 548. The van der Waals surface area contributed by atoms with Crippen molar-refractivity contribution in [2.75, 3.05) is 5.32 Å². The first-order valence-electron chi connectivity index (χ1n) is 5.59. The fourth-order valence-corrected chi connectivity index (χ4v) is 1.53. The van der Waals surface area contributed by atoms with E-state index < -0.39 is 0 Å². The summed E-state index contributed by atoms with van der Waals surface area (Å²) in [5.74, 6) is 0.149. The van der Waals surface area contributed by atoms with E-state index in [1.807, 2.05) is 0 Å². The van der Waals surface area contributed by atoms with E-state index >= 15 is 0 Å². The molecule has 1 aliphatic carbocycles. The molecule has 0 spiro atoms. The summed E-state index contributed by atoms with van der Waals surface area (Å²) in [4.78, 5) is 4.18. The highest BCUT2D eigenvalue weighted by atomic mass is 19.1. The highest BCUT2D eigenvalue weighted by Crippen LogP contribution is 2.25. The molecular formula is C12H12FN3O. The van der Waals surface area contributed by atoms with Gasteiger partial charge in [-0.3, -0.25) is 0 Å². The van der Waals surface area contributed by atoms with Crippen LogP contribution in [0, 0.1) is 12.7 Å². The first-order chi connectivity index (χ1) is 8.22. The molecule has 0 atom stereocenters. The van der Waals surface area contributed by atoms with E-state index in [4.69, 9.17) is 4.52 Å². The van der Waals surface area contributed by atoms with Gasteiger partial charge in [0.15, 0.2) is 0 Å². The van der Waals surface area contributed by atoms with Crippen LogP contribution in [-0.2, 0) is 0 Å². The second-order valence-electron chi connectivity index (χ2n) is 4.31. The van der Waals surface area contributed by atoms with Crippen LogP contribution >= 0.6 is 0 Å². The number of benzene rings is 1. The standard InChI is InChI=1S/C12H12FN3O/c1-7-2-3-8(6-10(7)13)11-15-12(17-16-11)14-9-4-5-9/h2-3,6,9H,4-5H2,1H3,(H,14,15,16). The normalized spacial score (nSPS) is 14.9. The van der Waals surface area contributed by atoms with Crippen molar-refractivity contribution in [1.82, 2.24) is 10.1 Å². The lowest BCUT2D eigenvalue weighted by Crippen LogP contribution is -2.00. The Morgan fingerprint density at radius 1 is 1.41 bits per heavy atom. The summed E-state index contributed by atoms with van der Waals surface area (Å²) in [5.41, 5.74) is 1.23. The largest absolute Gasteiger partial charge is 0.335 e. The van der Waals surface area contributed by atoms with Crippen LogP contribution in [0.1, 0.15) is 18.4 Å². The molecular weight excluding hydrogens is 221 g/mol. The highest BCUT2D eigenvalue weighted by Gasteiger charge is 2.23. The Kier molecular flexibility index (Phi) is 2.31. The van der Waals surface area contributed by atoms with Crippen molar-refractivity contribution in [3.63, 3.8) is 0 Å². The number of hydrogen-bond donors (Lipinski definition) is 1. The third kappa shape index (κ3) is 2.13. The van der Waals surface area contributed by atoms with E-state index in [1.165, 1.54) is 6.07 Å². The molecule has 1 aliphatic rings. The molecule has 17 heavy (non-hydrogen) atoms. The molecule has 0 bridgehead atoms. The van der Waals surface area contributed by atoms with Crippen molar-refractivity contribution in [3.05, 3.63) is 29.6 Å². The lowest BCUT2D eigenvalue weighted by atomic mass is 10.1. The molecule has 2 aromatic rings. The maximum Gasteiger partial charge on any atom is 0.322 e. The second kappa shape index (κ2) is 3.84. The van der Waals surface area contributed by atoms with E-state index in [2.05, 4.69) is 15.5 Å². The molecule has 0 amide bonds. The summed E-state index contributed by atoms with van der Waals surface area (Å²) in [7, 11) is 0. The lowest BCUT2D eigenvalue weighted by molar-refractivity contribution is 0.432. The van der Waals surface area contributed by atoms with Gasteiger partial charge in [-0.1, -0.05) is 17.3 Å². The summed E-state index contributed by atoms with van der Waals surface area (Å²) >= 11 is 0. The fourth-order valence-electron chi connectivity index (χ4n) is 1.53. The van der Waals surface area contributed by atoms with Crippen LogP contribution in [-0.4, -0.2) is 16.2 Å². The van der Waals surface area contributed by atoms with Crippen molar-refractivity contribution >= 4 is 6.01 Å². The van der Waals surface area contributed by atoms with Gasteiger partial charge in [0.2, 0.25) is 5.82 Å². The Morgan fingerprint density at radius 3 is 2.94 bits per heavy atom. The SMILES string of the molecule is Cc1ccc(-c2noc(NC3CC3)n2)cc1F. The average Bonchev–Trinajstić information content (AvgIpc) is 2.99. The zero-order chi connectivity index (χ0) is 11.8. The Labute approximate surface area is 97.8 Å². The van der Waals surface area contributed by atoms with Crippen molar-refractivity contribution in [2.45, 2.75) is 25.8 Å². The predicted octanol–water partition coefficient (Wildman–Crippen LogP) is 2.76. The number of rotatable bonds is 3. The van der Waals surface area contributed by atoms with Crippen LogP contribution < -0.4 is 5.32 Å². The topological polar surface area (TPSA) is 51.0 Å². The van der Waals surface area contributed by atoms with Crippen molar-refractivity contribution in [2.24, 2.45) is 0 Å². The third-order valence-electron chi connectivity index (χ3n) is 2.76. The van der Waals surface area contributed by atoms with Gasteiger partial charge in [-0.2, -0.15) is 4.98 Å². The number of nitrogens with one attached hydrogen (secondary N) is 1. The van der Waals surface area contributed by atoms with Crippen LogP contribution in [0.5, 0.6) is 0 Å². The van der Waals surface area contributed by atoms with Crippen LogP contribution in [0.3, 0.4) is 0 Å². The Morgan fingerprint density at radius 2 is 2.24 bits per heavy atom. The summed E-state index contributed by atoms with van der Waals surface area (Å²) in [5, 5.41) is 6.92. The van der Waals surface area contributed by atoms with Crippen LogP contribution in [0.25, 0.3) is 11.4 Å². The van der Waals surface area contributed by atoms with Crippen molar-refractivity contribution < 1.29 is 8.91 Å². The summed E-state index contributed by atoms with van der Waals surface area (Å²) < 4.78 is 18.4. The zero-order valence-corrected chi connectivity index (χ0v) is 9.40. The van der Waals surface area contributed by atoms with Gasteiger partial charge in [0.05, 0.1) is 0 Å². The maximum atomic E-state index is 13.4. The van der Waals surface area contributed by atoms with Crippen molar-refractivity contribution in [3.8, 4) is 11.4 Å². The molecule has 1 fully saturated rings. The van der Waals surface area contributed by atoms with Crippen LogP contribution in [0.4, 0.5) is 10.4 Å². The van der Waals surface area contributed by atoms with E-state index in [0.717, 1.165) is 12.8 Å². The van der Waals surface area contributed by atoms with Gasteiger partial charge in [-0.05, 0) is 31.4 Å². The molecule has 0 radical (unpaired) electrons. The van der Waals surface area contributed by atoms with Crippen molar-refractivity contribution in [1.29, 1.82) is 0 Å². The molecule has 5 heteroatoms. The predicted molar refractivity (Wildman–Crippen MR) is 61.1 cm³/mol. The number of halogens is 1. The quantitative estimate of drug-likeness (QED) is 0.885. The summed E-state index contributed by atoms with van der Waals surface area (Å²) in [6.07, 6.45) is 2.27. The molecule has 0 aliphatic heterocycles.